The molecule has 0 radical (unpaired) electrons. The smallest absolute Gasteiger partial charge is 0.303 e. The molecule has 1 rings (SSSR count). The number of hydrogen-bond acceptors (Lipinski definition) is 3. The number of carboxylic acid groups (broad SMARTS) is 1. The van der Waals surface area contributed by atoms with Crippen LogP contribution in [0.1, 0.15) is 29.5 Å². The monoisotopic (exact) mass is 251 g/mol. The first-order valence-electron chi connectivity index (χ1n) is 6.11. The third-order valence-corrected chi connectivity index (χ3v) is 2.91. The van der Waals surface area contributed by atoms with Gasteiger partial charge < -0.3 is 15.2 Å². The first-order valence-corrected chi connectivity index (χ1v) is 6.11. The molecule has 1 aromatic rings. The van der Waals surface area contributed by atoms with Gasteiger partial charge in [0.15, 0.2) is 0 Å². The Hall–Kier alpha value is -1.55. The Balaban J connectivity index is 2.47. The van der Waals surface area contributed by atoms with Crippen molar-refractivity contribution in [3.05, 3.63) is 28.8 Å². The summed E-state index contributed by atoms with van der Waals surface area (Å²) in [5.41, 5.74) is 3.53. The number of aryl methyl sites for hydroxylation is 2. The van der Waals surface area contributed by atoms with E-state index in [1.165, 1.54) is 11.1 Å². The topological polar surface area (TPSA) is 58.6 Å². The van der Waals surface area contributed by atoms with Crippen LogP contribution in [-0.4, -0.2) is 24.7 Å². The van der Waals surface area contributed by atoms with Crippen LogP contribution in [-0.2, 0) is 11.3 Å². The molecule has 0 saturated carbocycles. The average Bonchev–Trinajstić information content (AvgIpc) is 2.32. The zero-order valence-electron chi connectivity index (χ0n) is 11.2. The van der Waals surface area contributed by atoms with Gasteiger partial charge in [0.25, 0.3) is 0 Å². The standard InChI is InChI=1S/C14H21NO3/c1-10-8-13(18-3)11(2)7-12(10)9-15-6-4-5-14(16)17/h7-8,15H,4-6,9H2,1-3H3,(H,16,17). The second-order valence-electron chi connectivity index (χ2n) is 4.42. The van der Waals surface area contributed by atoms with Crippen molar-refractivity contribution in [2.24, 2.45) is 0 Å². The van der Waals surface area contributed by atoms with Crippen molar-refractivity contribution in [2.75, 3.05) is 13.7 Å². The van der Waals surface area contributed by atoms with E-state index in [9.17, 15) is 4.79 Å². The van der Waals surface area contributed by atoms with Crippen LogP contribution in [0.2, 0.25) is 0 Å². The molecule has 0 spiro atoms. The third kappa shape index (κ3) is 4.37. The van der Waals surface area contributed by atoms with E-state index in [4.69, 9.17) is 9.84 Å². The van der Waals surface area contributed by atoms with Gasteiger partial charge in [-0.25, -0.2) is 0 Å². The van der Waals surface area contributed by atoms with Gasteiger partial charge in [0, 0.05) is 13.0 Å². The highest BCUT2D eigenvalue weighted by molar-refractivity contribution is 5.66. The lowest BCUT2D eigenvalue weighted by atomic mass is 10.0. The molecule has 0 saturated heterocycles. The van der Waals surface area contributed by atoms with Crippen molar-refractivity contribution >= 4 is 5.97 Å². The summed E-state index contributed by atoms with van der Waals surface area (Å²) in [4.78, 5) is 10.4. The summed E-state index contributed by atoms with van der Waals surface area (Å²) in [6.07, 6.45) is 0.872. The van der Waals surface area contributed by atoms with Gasteiger partial charge >= 0.3 is 5.97 Å². The molecule has 0 amide bonds. The van der Waals surface area contributed by atoms with E-state index < -0.39 is 5.97 Å². The minimum absolute atomic E-state index is 0.216. The molecule has 0 bridgehead atoms. The summed E-state index contributed by atoms with van der Waals surface area (Å²) in [6, 6.07) is 4.14. The van der Waals surface area contributed by atoms with E-state index in [2.05, 4.69) is 18.3 Å². The molecule has 100 valence electrons. The lowest BCUT2D eigenvalue weighted by molar-refractivity contribution is -0.137. The second kappa shape index (κ2) is 7.01. The highest BCUT2D eigenvalue weighted by Crippen LogP contribution is 2.22. The van der Waals surface area contributed by atoms with Crippen LogP contribution in [0, 0.1) is 13.8 Å². The number of ether oxygens (including phenoxy) is 1. The van der Waals surface area contributed by atoms with E-state index in [-0.39, 0.29) is 6.42 Å². The van der Waals surface area contributed by atoms with Crippen LogP contribution in [0.5, 0.6) is 5.75 Å². The molecule has 4 heteroatoms. The highest BCUT2D eigenvalue weighted by atomic mass is 16.5. The van der Waals surface area contributed by atoms with Gasteiger partial charge in [0.05, 0.1) is 7.11 Å². The molecular weight excluding hydrogens is 230 g/mol. The van der Waals surface area contributed by atoms with Crippen molar-refractivity contribution < 1.29 is 14.6 Å². The Kier molecular flexibility index (Phi) is 5.65. The second-order valence-corrected chi connectivity index (χ2v) is 4.42. The lowest BCUT2D eigenvalue weighted by Crippen LogP contribution is -2.16. The Morgan fingerprint density at radius 1 is 1.33 bits per heavy atom. The molecular formula is C14H21NO3. The zero-order valence-corrected chi connectivity index (χ0v) is 11.2. The molecule has 0 heterocycles. The number of hydrogen-bond donors (Lipinski definition) is 2. The summed E-state index contributed by atoms with van der Waals surface area (Å²) >= 11 is 0. The molecule has 0 fully saturated rings. The number of nitrogens with one attached hydrogen (secondary N) is 1. The summed E-state index contributed by atoms with van der Waals surface area (Å²) in [5, 5.41) is 11.8. The van der Waals surface area contributed by atoms with Crippen molar-refractivity contribution in [1.82, 2.24) is 5.32 Å². The summed E-state index contributed by atoms with van der Waals surface area (Å²) in [5.74, 6) is 0.162. The fourth-order valence-corrected chi connectivity index (χ4v) is 1.85. The van der Waals surface area contributed by atoms with E-state index in [1.54, 1.807) is 7.11 Å². The van der Waals surface area contributed by atoms with E-state index in [1.807, 2.05) is 13.0 Å². The highest BCUT2D eigenvalue weighted by Gasteiger charge is 2.04. The zero-order chi connectivity index (χ0) is 13.5. The number of methoxy groups -OCH3 is 1. The molecule has 0 unspecified atom stereocenters. The Bertz CT molecular complexity index is 416. The largest absolute Gasteiger partial charge is 0.496 e. The van der Waals surface area contributed by atoms with Crippen molar-refractivity contribution in [2.45, 2.75) is 33.2 Å². The molecule has 2 N–H and O–H groups in total. The first kappa shape index (κ1) is 14.5. The summed E-state index contributed by atoms with van der Waals surface area (Å²) < 4.78 is 5.26. The van der Waals surface area contributed by atoms with Gasteiger partial charge in [-0.3, -0.25) is 4.79 Å². The van der Waals surface area contributed by atoms with Gasteiger partial charge in [-0.05, 0) is 49.6 Å². The SMILES string of the molecule is COc1cc(C)c(CNCCCC(=O)O)cc1C. The fraction of sp³-hybridized carbons (Fsp3) is 0.500. The first-order chi connectivity index (χ1) is 8.54. The van der Waals surface area contributed by atoms with Gasteiger partial charge in [-0.1, -0.05) is 6.07 Å². The average molecular weight is 251 g/mol. The quantitative estimate of drug-likeness (QED) is 0.730. The normalized spacial score (nSPS) is 10.4. The van der Waals surface area contributed by atoms with Crippen LogP contribution < -0.4 is 10.1 Å². The minimum atomic E-state index is -0.742. The molecule has 4 nitrogen and oxygen atoms in total. The molecule has 0 aliphatic carbocycles. The van der Waals surface area contributed by atoms with Crippen molar-refractivity contribution in [1.29, 1.82) is 0 Å². The Morgan fingerprint density at radius 3 is 2.67 bits per heavy atom. The molecule has 18 heavy (non-hydrogen) atoms. The lowest BCUT2D eigenvalue weighted by Gasteiger charge is -2.12. The molecule has 0 aromatic heterocycles. The third-order valence-electron chi connectivity index (χ3n) is 2.91. The molecule has 0 aliphatic heterocycles. The molecule has 0 atom stereocenters. The van der Waals surface area contributed by atoms with Gasteiger partial charge in [-0.15, -0.1) is 0 Å². The van der Waals surface area contributed by atoms with Gasteiger partial charge in [-0.2, -0.15) is 0 Å². The predicted octanol–water partition coefficient (Wildman–Crippen LogP) is 2.27. The number of benzene rings is 1. The van der Waals surface area contributed by atoms with Crippen LogP contribution in [0.25, 0.3) is 0 Å². The van der Waals surface area contributed by atoms with E-state index in [0.717, 1.165) is 24.4 Å². The minimum Gasteiger partial charge on any atom is -0.496 e. The Morgan fingerprint density at radius 2 is 2.06 bits per heavy atom. The Labute approximate surface area is 108 Å². The van der Waals surface area contributed by atoms with Crippen LogP contribution in [0.4, 0.5) is 0 Å². The molecule has 1 aromatic carbocycles. The van der Waals surface area contributed by atoms with E-state index >= 15 is 0 Å². The number of carbonyl (C=O) groups is 1. The number of carboxylic acids is 1. The molecule has 0 aliphatic rings. The van der Waals surface area contributed by atoms with Gasteiger partial charge in [0.2, 0.25) is 0 Å². The van der Waals surface area contributed by atoms with Crippen molar-refractivity contribution in [3.8, 4) is 5.75 Å². The summed E-state index contributed by atoms with van der Waals surface area (Å²) in [7, 11) is 1.67. The van der Waals surface area contributed by atoms with Crippen molar-refractivity contribution in [3.63, 3.8) is 0 Å². The van der Waals surface area contributed by atoms with Gasteiger partial charge in [0.1, 0.15) is 5.75 Å². The fourth-order valence-electron chi connectivity index (χ4n) is 1.85. The van der Waals surface area contributed by atoms with E-state index in [0.29, 0.717) is 6.42 Å². The predicted molar refractivity (Wildman–Crippen MR) is 71.0 cm³/mol. The summed E-state index contributed by atoms with van der Waals surface area (Å²) in [6.45, 7) is 5.55. The maximum absolute atomic E-state index is 10.4. The maximum atomic E-state index is 10.4. The number of aliphatic carboxylic acids is 1. The maximum Gasteiger partial charge on any atom is 0.303 e. The van der Waals surface area contributed by atoms with Crippen LogP contribution in [0.15, 0.2) is 12.1 Å². The van der Waals surface area contributed by atoms with Crippen LogP contribution in [0.3, 0.4) is 0 Å². The van der Waals surface area contributed by atoms with Crippen LogP contribution >= 0.6 is 0 Å². The number of rotatable bonds is 7.